The second kappa shape index (κ2) is 6.58. The SMILES string of the molecule is [C-]#[N+]c1cnc(Nc2cc(-c3ccc(C=O)cc3OC)[nH]n2)cn1. The molecule has 1 aromatic carbocycles. The number of rotatable bonds is 5. The molecule has 2 N–H and O–H groups in total. The molecule has 0 radical (unpaired) electrons. The molecule has 0 aliphatic rings. The molecule has 2 aromatic heterocycles. The van der Waals surface area contributed by atoms with Crippen LogP contribution in [-0.4, -0.2) is 33.6 Å². The average molecular weight is 320 g/mol. The first kappa shape index (κ1) is 15.2. The van der Waals surface area contributed by atoms with Gasteiger partial charge in [-0.1, -0.05) is 12.6 Å². The molecular weight excluding hydrogens is 308 g/mol. The Morgan fingerprint density at radius 1 is 1.25 bits per heavy atom. The summed E-state index contributed by atoms with van der Waals surface area (Å²) < 4.78 is 5.32. The van der Waals surface area contributed by atoms with E-state index in [1.165, 1.54) is 19.5 Å². The highest BCUT2D eigenvalue weighted by molar-refractivity contribution is 5.80. The molecule has 3 rings (SSSR count). The Labute approximate surface area is 137 Å². The lowest BCUT2D eigenvalue weighted by Crippen LogP contribution is -1.93. The van der Waals surface area contributed by atoms with Crippen LogP contribution in [0.25, 0.3) is 16.1 Å². The molecule has 8 nitrogen and oxygen atoms in total. The third-order valence-corrected chi connectivity index (χ3v) is 3.24. The third kappa shape index (κ3) is 3.05. The topological polar surface area (TPSA) is 97.2 Å². The van der Waals surface area contributed by atoms with Crippen LogP contribution in [0.4, 0.5) is 17.5 Å². The van der Waals surface area contributed by atoms with Crippen LogP contribution in [0.1, 0.15) is 10.4 Å². The van der Waals surface area contributed by atoms with Crippen LogP contribution in [-0.2, 0) is 0 Å². The molecule has 0 aliphatic heterocycles. The van der Waals surface area contributed by atoms with Crippen molar-refractivity contribution < 1.29 is 9.53 Å². The van der Waals surface area contributed by atoms with E-state index in [1.807, 2.05) is 0 Å². The number of anilines is 2. The van der Waals surface area contributed by atoms with Gasteiger partial charge in [0.15, 0.2) is 17.8 Å². The van der Waals surface area contributed by atoms with Crippen LogP contribution < -0.4 is 10.1 Å². The van der Waals surface area contributed by atoms with E-state index in [1.54, 1.807) is 24.3 Å². The van der Waals surface area contributed by atoms with Gasteiger partial charge < -0.3 is 14.9 Å². The molecule has 0 saturated carbocycles. The van der Waals surface area contributed by atoms with Gasteiger partial charge in [0.1, 0.15) is 12.0 Å². The Bertz CT molecular complexity index is 911. The van der Waals surface area contributed by atoms with E-state index in [9.17, 15) is 4.79 Å². The Kier molecular flexibility index (Phi) is 4.16. The first-order chi connectivity index (χ1) is 11.7. The van der Waals surface area contributed by atoms with Crippen molar-refractivity contribution in [2.45, 2.75) is 0 Å². The van der Waals surface area contributed by atoms with Crippen molar-refractivity contribution >= 4 is 23.7 Å². The minimum atomic E-state index is 0.225. The number of carbonyl (C=O) groups is 1. The molecule has 8 heteroatoms. The summed E-state index contributed by atoms with van der Waals surface area (Å²) >= 11 is 0. The predicted molar refractivity (Wildman–Crippen MR) is 87.5 cm³/mol. The molecule has 2 heterocycles. The molecule has 0 saturated heterocycles. The first-order valence-electron chi connectivity index (χ1n) is 6.89. The van der Waals surface area contributed by atoms with Gasteiger partial charge in [0.2, 0.25) is 0 Å². The van der Waals surface area contributed by atoms with Gasteiger partial charge in [-0.05, 0) is 12.1 Å². The van der Waals surface area contributed by atoms with E-state index in [2.05, 4.69) is 30.3 Å². The molecule has 24 heavy (non-hydrogen) atoms. The maximum atomic E-state index is 10.9. The Balaban J connectivity index is 1.85. The third-order valence-electron chi connectivity index (χ3n) is 3.24. The second-order valence-corrected chi connectivity index (χ2v) is 4.74. The fourth-order valence-electron chi connectivity index (χ4n) is 2.10. The van der Waals surface area contributed by atoms with Crippen molar-refractivity contribution in [1.82, 2.24) is 20.2 Å². The summed E-state index contributed by atoms with van der Waals surface area (Å²) in [6.45, 7) is 6.85. The van der Waals surface area contributed by atoms with Crippen molar-refractivity contribution in [2.75, 3.05) is 12.4 Å². The zero-order valence-electron chi connectivity index (χ0n) is 12.6. The summed E-state index contributed by atoms with van der Waals surface area (Å²) in [5, 5.41) is 10.0. The van der Waals surface area contributed by atoms with Crippen LogP contribution >= 0.6 is 0 Å². The van der Waals surface area contributed by atoms with Gasteiger partial charge in [0, 0.05) is 17.2 Å². The van der Waals surface area contributed by atoms with Crippen molar-refractivity contribution in [1.29, 1.82) is 0 Å². The fraction of sp³-hybridized carbons (Fsp3) is 0.0625. The van der Waals surface area contributed by atoms with E-state index in [0.717, 1.165) is 17.5 Å². The molecular formula is C16H12N6O2. The minimum absolute atomic E-state index is 0.225. The number of methoxy groups -OCH3 is 1. The Morgan fingerprint density at radius 3 is 2.79 bits per heavy atom. The first-order valence-corrected chi connectivity index (χ1v) is 6.89. The lowest BCUT2D eigenvalue weighted by Gasteiger charge is -2.06. The summed E-state index contributed by atoms with van der Waals surface area (Å²) in [7, 11) is 1.54. The van der Waals surface area contributed by atoms with Gasteiger partial charge in [0.05, 0.1) is 19.0 Å². The van der Waals surface area contributed by atoms with Crippen LogP contribution in [0.2, 0.25) is 0 Å². The van der Waals surface area contributed by atoms with Crippen molar-refractivity contribution in [3.05, 3.63) is 53.6 Å². The number of nitrogens with zero attached hydrogens (tertiary/aromatic N) is 4. The van der Waals surface area contributed by atoms with Gasteiger partial charge in [-0.15, -0.1) is 4.98 Å². The van der Waals surface area contributed by atoms with Crippen molar-refractivity contribution in [3.8, 4) is 17.0 Å². The second-order valence-electron chi connectivity index (χ2n) is 4.74. The molecule has 0 unspecified atom stereocenters. The highest BCUT2D eigenvalue weighted by Gasteiger charge is 2.11. The number of nitrogens with one attached hydrogen (secondary N) is 2. The number of carbonyl (C=O) groups excluding carboxylic acids is 1. The van der Waals surface area contributed by atoms with Gasteiger partial charge in [0.25, 0.3) is 5.82 Å². The molecule has 0 atom stereocenters. The highest BCUT2D eigenvalue weighted by Crippen LogP contribution is 2.30. The zero-order valence-corrected chi connectivity index (χ0v) is 12.6. The predicted octanol–water partition coefficient (Wildman–Crippen LogP) is 2.98. The molecule has 0 aliphatic carbocycles. The summed E-state index contributed by atoms with van der Waals surface area (Å²) in [5.74, 6) is 1.80. The molecule has 3 aromatic rings. The number of benzene rings is 1. The molecule has 0 fully saturated rings. The van der Waals surface area contributed by atoms with Gasteiger partial charge >= 0.3 is 0 Å². The highest BCUT2D eigenvalue weighted by atomic mass is 16.5. The Morgan fingerprint density at radius 2 is 2.12 bits per heavy atom. The van der Waals surface area contributed by atoms with Crippen LogP contribution in [0.15, 0.2) is 36.7 Å². The summed E-state index contributed by atoms with van der Waals surface area (Å²) in [6.07, 6.45) is 3.60. The molecule has 0 amide bonds. The summed E-state index contributed by atoms with van der Waals surface area (Å²) in [5.41, 5.74) is 2.03. The fourth-order valence-corrected chi connectivity index (χ4v) is 2.10. The maximum Gasteiger partial charge on any atom is 0.288 e. The molecule has 118 valence electrons. The summed E-state index contributed by atoms with van der Waals surface area (Å²) in [6, 6.07) is 6.92. The Hall–Kier alpha value is -3.73. The van der Waals surface area contributed by atoms with E-state index >= 15 is 0 Å². The van der Waals surface area contributed by atoms with E-state index < -0.39 is 0 Å². The number of hydrogen-bond acceptors (Lipinski definition) is 6. The monoisotopic (exact) mass is 320 g/mol. The number of aldehydes is 1. The number of aromatic nitrogens is 4. The quantitative estimate of drug-likeness (QED) is 0.554. The van der Waals surface area contributed by atoms with Crippen molar-refractivity contribution in [3.63, 3.8) is 0 Å². The number of ether oxygens (including phenoxy) is 1. The smallest absolute Gasteiger partial charge is 0.288 e. The number of hydrogen-bond donors (Lipinski definition) is 2. The normalized spacial score (nSPS) is 10.0. The molecule has 0 bridgehead atoms. The largest absolute Gasteiger partial charge is 0.496 e. The van der Waals surface area contributed by atoms with Crippen LogP contribution in [0.5, 0.6) is 5.75 Å². The van der Waals surface area contributed by atoms with Gasteiger partial charge in [-0.2, -0.15) is 5.10 Å². The molecule has 0 spiro atoms. The standard InChI is InChI=1S/C16H12N6O2/c1-17-15-7-19-16(8-18-15)20-14-6-12(21-22-14)11-4-3-10(9-23)5-13(11)24-2/h3-9H,2H3,(H2,19,20,21,22). The maximum absolute atomic E-state index is 10.9. The van der Waals surface area contributed by atoms with E-state index in [0.29, 0.717) is 22.9 Å². The zero-order chi connectivity index (χ0) is 16.9. The van der Waals surface area contributed by atoms with E-state index in [-0.39, 0.29) is 5.82 Å². The van der Waals surface area contributed by atoms with Crippen LogP contribution in [0.3, 0.4) is 0 Å². The van der Waals surface area contributed by atoms with Crippen LogP contribution in [0, 0.1) is 6.57 Å². The number of H-pyrrole nitrogens is 1. The number of aromatic amines is 1. The average Bonchev–Trinajstić information content (AvgIpc) is 3.10. The summed E-state index contributed by atoms with van der Waals surface area (Å²) in [4.78, 5) is 22.1. The van der Waals surface area contributed by atoms with Gasteiger partial charge in [-0.25, -0.2) is 4.98 Å². The minimum Gasteiger partial charge on any atom is -0.496 e. The van der Waals surface area contributed by atoms with E-state index in [4.69, 9.17) is 11.3 Å². The van der Waals surface area contributed by atoms with Gasteiger partial charge in [-0.3, -0.25) is 9.89 Å². The lowest BCUT2D eigenvalue weighted by atomic mass is 10.1. The van der Waals surface area contributed by atoms with Crippen molar-refractivity contribution in [2.24, 2.45) is 0 Å². The lowest BCUT2D eigenvalue weighted by molar-refractivity contribution is 0.112.